The molecule has 184 valence electrons. The molecule has 1 atom stereocenters. The monoisotopic (exact) mass is 478 g/mol. The summed E-state index contributed by atoms with van der Waals surface area (Å²) in [6.45, 7) is 4.60. The summed E-state index contributed by atoms with van der Waals surface area (Å²) in [4.78, 5) is 43.8. The van der Waals surface area contributed by atoms with Gasteiger partial charge < -0.3 is 29.8 Å². The largest absolute Gasteiger partial charge is 0.381 e. The topological polar surface area (TPSA) is 128 Å². The average molecular weight is 479 g/mol. The Balaban J connectivity index is 1.89. The van der Waals surface area contributed by atoms with E-state index in [1.165, 1.54) is 7.11 Å². The lowest BCUT2D eigenvalue weighted by Crippen LogP contribution is -2.42. The quantitative estimate of drug-likeness (QED) is 0.349. The number of aromatic nitrogens is 2. The minimum Gasteiger partial charge on any atom is -0.381 e. The number of carbonyl (C=O) groups excluding carboxylic acids is 2. The van der Waals surface area contributed by atoms with Gasteiger partial charge in [0.15, 0.2) is 6.29 Å². The Kier molecular flexibility index (Phi) is 7.11. The molecule has 3 aromatic rings. The van der Waals surface area contributed by atoms with E-state index in [1.54, 1.807) is 15.5 Å². The fourth-order valence-corrected chi connectivity index (χ4v) is 4.85. The summed E-state index contributed by atoms with van der Waals surface area (Å²) >= 11 is 0. The third-order valence-corrected chi connectivity index (χ3v) is 6.56. The fraction of sp³-hybridized carbons (Fsp3) is 0.385. The van der Waals surface area contributed by atoms with E-state index in [4.69, 9.17) is 15.5 Å². The van der Waals surface area contributed by atoms with Crippen LogP contribution in [-0.4, -0.2) is 58.0 Å². The van der Waals surface area contributed by atoms with Crippen LogP contribution in [0.25, 0.3) is 22.3 Å². The molecule has 1 unspecified atom stereocenters. The van der Waals surface area contributed by atoms with Crippen molar-refractivity contribution < 1.29 is 19.4 Å². The van der Waals surface area contributed by atoms with E-state index >= 15 is 0 Å². The van der Waals surface area contributed by atoms with Gasteiger partial charge in [0.05, 0.1) is 36.6 Å². The number of benzene rings is 1. The highest BCUT2D eigenvalue weighted by Crippen LogP contribution is 2.37. The zero-order valence-electron chi connectivity index (χ0n) is 20.2. The molecule has 0 fully saturated rings. The number of aliphatic hydroxyl groups is 1. The summed E-state index contributed by atoms with van der Waals surface area (Å²) in [6, 6.07) is 9.39. The lowest BCUT2D eigenvalue weighted by atomic mass is 9.97. The van der Waals surface area contributed by atoms with Gasteiger partial charge >= 0.3 is 0 Å². The molecule has 3 N–H and O–H groups in total. The molecule has 1 aliphatic rings. The van der Waals surface area contributed by atoms with E-state index in [2.05, 4.69) is 0 Å². The second-order valence-corrected chi connectivity index (χ2v) is 8.94. The lowest BCUT2D eigenvalue weighted by molar-refractivity contribution is -0.131. The molecule has 9 heteroatoms. The van der Waals surface area contributed by atoms with Gasteiger partial charge in [-0.15, -0.1) is 0 Å². The highest BCUT2D eigenvalue weighted by atomic mass is 16.5. The molecule has 0 saturated carbocycles. The van der Waals surface area contributed by atoms with E-state index in [9.17, 15) is 19.5 Å². The zero-order valence-corrected chi connectivity index (χ0v) is 20.2. The van der Waals surface area contributed by atoms with Crippen LogP contribution in [0.15, 0.2) is 35.1 Å². The molecule has 35 heavy (non-hydrogen) atoms. The van der Waals surface area contributed by atoms with Gasteiger partial charge in [-0.3, -0.25) is 9.59 Å². The zero-order chi connectivity index (χ0) is 25.3. The van der Waals surface area contributed by atoms with Gasteiger partial charge in [-0.1, -0.05) is 18.2 Å². The van der Waals surface area contributed by atoms with Crippen LogP contribution in [-0.2, 0) is 33.9 Å². The van der Waals surface area contributed by atoms with Crippen molar-refractivity contribution in [2.45, 2.75) is 45.6 Å². The number of nitrogens with zero attached hydrogens (tertiary/aromatic N) is 3. The van der Waals surface area contributed by atoms with Gasteiger partial charge in [-0.2, -0.15) is 0 Å². The van der Waals surface area contributed by atoms with Crippen LogP contribution in [0.5, 0.6) is 0 Å². The first-order valence-electron chi connectivity index (χ1n) is 11.6. The van der Waals surface area contributed by atoms with Gasteiger partial charge in [-0.05, 0) is 38.0 Å². The van der Waals surface area contributed by atoms with Gasteiger partial charge in [0, 0.05) is 41.8 Å². The van der Waals surface area contributed by atoms with Gasteiger partial charge in [-0.25, -0.2) is 4.98 Å². The third-order valence-electron chi connectivity index (χ3n) is 6.56. The van der Waals surface area contributed by atoms with Crippen molar-refractivity contribution in [1.29, 1.82) is 0 Å². The van der Waals surface area contributed by atoms with Crippen LogP contribution in [0.1, 0.15) is 42.2 Å². The number of amides is 1. The molecule has 0 bridgehead atoms. The van der Waals surface area contributed by atoms with Crippen LogP contribution >= 0.6 is 0 Å². The number of hydrogen-bond acceptors (Lipinski definition) is 7. The van der Waals surface area contributed by atoms with Crippen LogP contribution < -0.4 is 11.3 Å². The fourth-order valence-electron chi connectivity index (χ4n) is 4.85. The second kappa shape index (κ2) is 10.1. The number of carbonyl (C=O) groups is 2. The second-order valence-electron chi connectivity index (χ2n) is 8.94. The molecular weight excluding hydrogens is 448 g/mol. The molecule has 3 heterocycles. The molecule has 0 radical (unpaired) electrons. The number of aldehydes is 1. The first-order valence-corrected chi connectivity index (χ1v) is 11.6. The van der Waals surface area contributed by atoms with Crippen LogP contribution in [0.2, 0.25) is 0 Å². The number of ether oxygens (including phenoxy) is 1. The molecule has 1 amide bonds. The maximum absolute atomic E-state index is 13.4. The van der Waals surface area contributed by atoms with Gasteiger partial charge in [0.1, 0.15) is 6.10 Å². The number of hydrogen-bond donors (Lipinski definition) is 2. The molecule has 0 saturated heterocycles. The molecule has 9 nitrogen and oxygen atoms in total. The van der Waals surface area contributed by atoms with Crippen molar-refractivity contribution in [1.82, 2.24) is 14.5 Å². The SMILES string of the molecule is COCc1c(C(O)C=O)cc2n(c1=O)Cc1c-2nc2ccccc2c1CCN(C(=O)CN)C(C)C. The maximum atomic E-state index is 13.4. The van der Waals surface area contributed by atoms with E-state index in [1.807, 2.05) is 38.1 Å². The third kappa shape index (κ3) is 4.38. The van der Waals surface area contributed by atoms with Crippen molar-refractivity contribution in [2.24, 2.45) is 5.73 Å². The Morgan fingerprint density at radius 2 is 2.06 bits per heavy atom. The summed E-state index contributed by atoms with van der Waals surface area (Å²) in [5, 5.41) is 11.3. The summed E-state index contributed by atoms with van der Waals surface area (Å²) in [5.41, 5.74) is 9.63. The lowest BCUT2D eigenvalue weighted by Gasteiger charge is -2.27. The molecule has 1 aliphatic heterocycles. The highest BCUT2D eigenvalue weighted by Gasteiger charge is 2.30. The molecular formula is C26H30N4O5. The van der Waals surface area contributed by atoms with Gasteiger partial charge in [0.25, 0.3) is 5.56 Å². The van der Waals surface area contributed by atoms with E-state index in [-0.39, 0.29) is 41.8 Å². The Morgan fingerprint density at radius 3 is 2.71 bits per heavy atom. The number of methoxy groups -OCH3 is 1. The number of para-hydroxylation sites is 1. The molecule has 1 aromatic carbocycles. The van der Waals surface area contributed by atoms with Gasteiger partial charge in [0.2, 0.25) is 5.91 Å². The van der Waals surface area contributed by atoms with Crippen molar-refractivity contribution in [3.63, 3.8) is 0 Å². The Bertz CT molecular complexity index is 1350. The minimum atomic E-state index is -1.44. The predicted molar refractivity (Wildman–Crippen MR) is 132 cm³/mol. The van der Waals surface area contributed by atoms with Crippen molar-refractivity contribution in [3.05, 3.63) is 62.9 Å². The Labute approximate surface area is 203 Å². The number of nitrogens with two attached hydrogens (primary N) is 1. The summed E-state index contributed by atoms with van der Waals surface area (Å²) in [5.74, 6) is -0.119. The standard InChI is InChI=1S/C26H30N4O5/c1-15(2)29(24(33)11-27)9-8-16-17-6-4-5-7-21(17)28-25-19(16)12-30-22(25)10-18(23(32)13-31)20(14-35-3)26(30)34/h4-7,10,13,15,23,32H,8-9,11-12,14,27H2,1-3H3. The summed E-state index contributed by atoms with van der Waals surface area (Å²) < 4.78 is 6.80. The van der Waals surface area contributed by atoms with E-state index < -0.39 is 6.10 Å². The van der Waals surface area contributed by atoms with Crippen LogP contribution in [0.4, 0.5) is 0 Å². The predicted octanol–water partition coefficient (Wildman–Crippen LogP) is 1.54. The Morgan fingerprint density at radius 1 is 1.31 bits per heavy atom. The molecule has 0 spiro atoms. The molecule has 2 aromatic heterocycles. The Hall–Kier alpha value is -3.40. The van der Waals surface area contributed by atoms with Crippen LogP contribution in [0.3, 0.4) is 0 Å². The average Bonchev–Trinajstić information content (AvgIpc) is 3.22. The first kappa shape index (κ1) is 24.7. The highest BCUT2D eigenvalue weighted by molar-refractivity contribution is 5.88. The number of fused-ring (bicyclic) bond motifs is 4. The normalized spacial score (nSPS) is 13.1. The van der Waals surface area contributed by atoms with Crippen molar-refractivity contribution in [3.8, 4) is 11.4 Å². The van der Waals surface area contributed by atoms with Crippen LogP contribution in [0, 0.1) is 0 Å². The van der Waals surface area contributed by atoms with Crippen molar-refractivity contribution in [2.75, 3.05) is 20.2 Å². The number of rotatable bonds is 9. The first-order chi connectivity index (χ1) is 16.8. The maximum Gasteiger partial charge on any atom is 0.257 e. The van der Waals surface area contributed by atoms with Crippen molar-refractivity contribution >= 4 is 23.1 Å². The summed E-state index contributed by atoms with van der Waals surface area (Å²) in [6.07, 6.45) is -0.480. The van der Waals surface area contributed by atoms with E-state index in [0.29, 0.717) is 37.2 Å². The smallest absolute Gasteiger partial charge is 0.257 e. The van der Waals surface area contributed by atoms with E-state index in [0.717, 1.165) is 22.0 Å². The molecule has 4 rings (SSSR count). The summed E-state index contributed by atoms with van der Waals surface area (Å²) in [7, 11) is 1.46. The number of aliphatic hydroxyl groups excluding tert-OH is 1. The minimum absolute atomic E-state index is 0.00370. The number of pyridine rings is 2. The molecule has 0 aliphatic carbocycles.